The zero-order valence-electron chi connectivity index (χ0n) is 10.6. The Bertz CT molecular complexity index is 475. The number of ether oxygens (including phenoxy) is 1. The summed E-state index contributed by atoms with van der Waals surface area (Å²) >= 11 is 0. The molecule has 0 fully saturated rings. The predicted molar refractivity (Wildman–Crippen MR) is 68.6 cm³/mol. The van der Waals surface area contributed by atoms with Gasteiger partial charge in [0.2, 0.25) is 0 Å². The average Bonchev–Trinajstić information content (AvgIpc) is 2.31. The van der Waals surface area contributed by atoms with Crippen molar-refractivity contribution in [3.63, 3.8) is 0 Å². The number of carboxylic acids is 1. The van der Waals surface area contributed by atoms with Crippen LogP contribution in [0.15, 0.2) is 18.2 Å². The molecular weight excluding hydrogens is 252 g/mol. The number of aromatic carboxylic acids is 1. The minimum atomic E-state index is -1.27. The van der Waals surface area contributed by atoms with E-state index in [4.69, 9.17) is 9.84 Å². The van der Waals surface area contributed by atoms with E-state index in [2.05, 4.69) is 10.6 Å². The van der Waals surface area contributed by atoms with Gasteiger partial charge in [-0.25, -0.2) is 9.59 Å². The fourth-order valence-electron chi connectivity index (χ4n) is 1.47. The average molecular weight is 268 g/mol. The molecule has 0 bridgehead atoms. The van der Waals surface area contributed by atoms with Crippen molar-refractivity contribution >= 4 is 17.7 Å². The van der Waals surface area contributed by atoms with E-state index in [1.807, 2.05) is 0 Å². The maximum Gasteiger partial charge on any atom is 0.339 e. The summed E-state index contributed by atoms with van der Waals surface area (Å²) in [7, 11) is 1.52. The molecule has 0 spiro atoms. The highest BCUT2D eigenvalue weighted by molar-refractivity contribution is 5.95. The Morgan fingerprint density at radius 3 is 2.68 bits per heavy atom. The molecule has 0 saturated heterocycles. The normalized spacial score (nSPS) is 11.7. The molecule has 0 heterocycles. The van der Waals surface area contributed by atoms with Crippen LogP contribution in [0.25, 0.3) is 0 Å². The van der Waals surface area contributed by atoms with Crippen molar-refractivity contribution in [2.45, 2.75) is 13.0 Å². The number of aromatic hydroxyl groups is 1. The van der Waals surface area contributed by atoms with Crippen LogP contribution in [-0.2, 0) is 4.74 Å². The van der Waals surface area contributed by atoms with Gasteiger partial charge in [0, 0.05) is 12.8 Å². The lowest BCUT2D eigenvalue weighted by molar-refractivity contribution is 0.0693. The zero-order valence-corrected chi connectivity index (χ0v) is 10.6. The third-order valence-electron chi connectivity index (χ3n) is 2.28. The number of carboxylic acid groups (broad SMARTS) is 1. The van der Waals surface area contributed by atoms with Gasteiger partial charge in [0.05, 0.1) is 12.6 Å². The number of hydrogen-bond acceptors (Lipinski definition) is 4. The Morgan fingerprint density at radius 2 is 2.11 bits per heavy atom. The van der Waals surface area contributed by atoms with Crippen LogP contribution in [0, 0.1) is 0 Å². The molecule has 7 heteroatoms. The van der Waals surface area contributed by atoms with Crippen LogP contribution in [-0.4, -0.2) is 42.0 Å². The highest BCUT2D eigenvalue weighted by Gasteiger charge is 2.12. The summed E-state index contributed by atoms with van der Waals surface area (Å²) in [4.78, 5) is 22.4. The van der Waals surface area contributed by atoms with Crippen molar-refractivity contribution < 1.29 is 24.5 Å². The summed E-state index contributed by atoms with van der Waals surface area (Å²) in [6.45, 7) is 2.13. The lowest BCUT2D eigenvalue weighted by Crippen LogP contribution is -2.38. The quantitative estimate of drug-likeness (QED) is 0.601. The minimum Gasteiger partial charge on any atom is -0.507 e. The third-order valence-corrected chi connectivity index (χ3v) is 2.28. The molecule has 1 aromatic rings. The largest absolute Gasteiger partial charge is 0.507 e. The fourth-order valence-corrected chi connectivity index (χ4v) is 1.47. The standard InChI is InChI=1S/C12H16N2O5/c1-7(6-19-2)13-12(18)14-8-3-4-10(15)9(5-8)11(16)17/h3-5,7,15H,6H2,1-2H3,(H,16,17)(H2,13,14,18). The highest BCUT2D eigenvalue weighted by atomic mass is 16.5. The number of rotatable bonds is 5. The molecule has 0 aliphatic carbocycles. The van der Waals surface area contributed by atoms with E-state index in [1.54, 1.807) is 6.92 Å². The molecule has 0 radical (unpaired) electrons. The molecule has 7 nitrogen and oxygen atoms in total. The first-order chi connectivity index (χ1) is 8.93. The summed E-state index contributed by atoms with van der Waals surface area (Å²) < 4.78 is 4.87. The van der Waals surface area contributed by atoms with E-state index in [0.717, 1.165) is 0 Å². The number of carbonyl (C=O) groups is 2. The number of benzene rings is 1. The number of anilines is 1. The maximum absolute atomic E-state index is 11.6. The van der Waals surface area contributed by atoms with Gasteiger partial charge in [-0.2, -0.15) is 0 Å². The summed E-state index contributed by atoms with van der Waals surface area (Å²) in [5.74, 6) is -1.62. The second-order valence-corrected chi connectivity index (χ2v) is 3.99. The van der Waals surface area contributed by atoms with Crippen molar-refractivity contribution in [1.29, 1.82) is 0 Å². The summed E-state index contributed by atoms with van der Waals surface area (Å²) in [6, 6.07) is 3.13. The number of hydrogen-bond donors (Lipinski definition) is 4. The summed E-state index contributed by atoms with van der Waals surface area (Å²) in [6.07, 6.45) is 0. The number of amides is 2. The van der Waals surface area contributed by atoms with Crippen LogP contribution in [0.5, 0.6) is 5.75 Å². The van der Waals surface area contributed by atoms with Gasteiger partial charge in [0.1, 0.15) is 11.3 Å². The van der Waals surface area contributed by atoms with Gasteiger partial charge < -0.3 is 25.6 Å². The van der Waals surface area contributed by atoms with Crippen molar-refractivity contribution in [1.82, 2.24) is 5.32 Å². The van der Waals surface area contributed by atoms with Gasteiger partial charge in [-0.3, -0.25) is 0 Å². The topological polar surface area (TPSA) is 108 Å². The molecule has 0 saturated carbocycles. The van der Waals surface area contributed by atoms with Gasteiger partial charge in [-0.1, -0.05) is 0 Å². The van der Waals surface area contributed by atoms with E-state index in [-0.39, 0.29) is 23.0 Å². The first kappa shape index (κ1) is 14.8. The highest BCUT2D eigenvalue weighted by Crippen LogP contribution is 2.21. The summed E-state index contributed by atoms with van der Waals surface area (Å²) in [5.41, 5.74) is 0.0000526. The molecule has 0 aliphatic rings. The number of methoxy groups -OCH3 is 1. The Morgan fingerprint density at radius 1 is 1.42 bits per heavy atom. The molecule has 1 aromatic carbocycles. The predicted octanol–water partition coefficient (Wildman–Crippen LogP) is 1.25. The third kappa shape index (κ3) is 4.47. The van der Waals surface area contributed by atoms with Crippen molar-refractivity contribution in [2.75, 3.05) is 19.0 Å². The smallest absolute Gasteiger partial charge is 0.339 e. The monoisotopic (exact) mass is 268 g/mol. The van der Waals surface area contributed by atoms with Gasteiger partial charge in [-0.15, -0.1) is 0 Å². The lowest BCUT2D eigenvalue weighted by atomic mass is 10.2. The van der Waals surface area contributed by atoms with Crippen molar-refractivity contribution in [2.24, 2.45) is 0 Å². The van der Waals surface area contributed by atoms with Crippen LogP contribution in [0.1, 0.15) is 17.3 Å². The Kier molecular flexibility index (Phi) is 5.13. The molecule has 1 atom stereocenters. The maximum atomic E-state index is 11.6. The molecule has 1 rings (SSSR count). The molecular formula is C12H16N2O5. The lowest BCUT2D eigenvalue weighted by Gasteiger charge is -2.14. The molecule has 0 aromatic heterocycles. The van der Waals surface area contributed by atoms with Crippen LogP contribution in [0.2, 0.25) is 0 Å². The molecule has 2 amide bonds. The molecule has 1 unspecified atom stereocenters. The number of urea groups is 1. The minimum absolute atomic E-state index is 0.180. The van der Waals surface area contributed by atoms with E-state index < -0.39 is 12.0 Å². The Balaban J connectivity index is 2.69. The van der Waals surface area contributed by atoms with E-state index in [1.165, 1.54) is 25.3 Å². The fraction of sp³-hybridized carbons (Fsp3) is 0.333. The van der Waals surface area contributed by atoms with Gasteiger partial charge in [-0.05, 0) is 25.1 Å². The number of nitrogens with one attached hydrogen (secondary N) is 2. The zero-order chi connectivity index (χ0) is 14.4. The van der Waals surface area contributed by atoms with Gasteiger partial charge >= 0.3 is 12.0 Å². The van der Waals surface area contributed by atoms with Crippen LogP contribution in [0.3, 0.4) is 0 Å². The second kappa shape index (κ2) is 6.60. The van der Waals surface area contributed by atoms with Gasteiger partial charge in [0.15, 0.2) is 0 Å². The van der Waals surface area contributed by atoms with Crippen LogP contribution >= 0.6 is 0 Å². The second-order valence-electron chi connectivity index (χ2n) is 3.99. The summed E-state index contributed by atoms with van der Waals surface area (Å²) in [5, 5.41) is 23.2. The first-order valence-corrected chi connectivity index (χ1v) is 5.56. The van der Waals surface area contributed by atoms with Crippen molar-refractivity contribution in [3.8, 4) is 5.75 Å². The molecule has 0 aliphatic heterocycles. The number of carbonyl (C=O) groups excluding carboxylic acids is 1. The van der Waals surface area contributed by atoms with E-state index in [0.29, 0.717) is 6.61 Å². The first-order valence-electron chi connectivity index (χ1n) is 5.56. The van der Waals surface area contributed by atoms with E-state index >= 15 is 0 Å². The van der Waals surface area contributed by atoms with Crippen molar-refractivity contribution in [3.05, 3.63) is 23.8 Å². The molecule has 104 valence electrons. The SMILES string of the molecule is COCC(C)NC(=O)Nc1ccc(O)c(C(=O)O)c1. The van der Waals surface area contributed by atoms with Crippen LogP contribution < -0.4 is 10.6 Å². The number of phenols is 1. The van der Waals surface area contributed by atoms with Crippen LogP contribution in [0.4, 0.5) is 10.5 Å². The van der Waals surface area contributed by atoms with E-state index in [9.17, 15) is 14.7 Å². The van der Waals surface area contributed by atoms with Gasteiger partial charge in [0.25, 0.3) is 0 Å². The molecule has 4 N–H and O–H groups in total. The molecule has 19 heavy (non-hydrogen) atoms. The Hall–Kier alpha value is -2.28. The Labute approximate surface area is 110 Å².